The maximum atomic E-state index is 13.6. The zero-order chi connectivity index (χ0) is 29.0. The van der Waals surface area contributed by atoms with Crippen molar-refractivity contribution in [1.82, 2.24) is 10.2 Å². The van der Waals surface area contributed by atoms with Crippen LogP contribution in [0.3, 0.4) is 0 Å². The minimum absolute atomic E-state index is 0.0194. The zero-order valence-electron chi connectivity index (χ0n) is 24.0. The SMILES string of the molecule is CCOc1ccccc1N(CCCC(=O)N(Cc1cccc(OC)c1)C(CC)C(=O)NC(C)CC)S(C)(=O)=O. The molecule has 2 unspecified atom stereocenters. The van der Waals surface area contributed by atoms with Crippen molar-refractivity contribution in [3.8, 4) is 11.5 Å². The van der Waals surface area contributed by atoms with Crippen LogP contribution in [0.2, 0.25) is 0 Å². The van der Waals surface area contributed by atoms with Gasteiger partial charge in [-0.2, -0.15) is 0 Å². The lowest BCUT2D eigenvalue weighted by Crippen LogP contribution is -2.50. The first kappa shape index (κ1) is 31.9. The smallest absolute Gasteiger partial charge is 0.243 e. The monoisotopic (exact) mass is 561 g/mol. The van der Waals surface area contributed by atoms with Crippen molar-refractivity contribution in [3.05, 3.63) is 54.1 Å². The predicted octanol–water partition coefficient (Wildman–Crippen LogP) is 4.36. The Labute approximate surface area is 233 Å². The van der Waals surface area contributed by atoms with Gasteiger partial charge in [-0.1, -0.05) is 38.1 Å². The largest absolute Gasteiger partial charge is 0.497 e. The van der Waals surface area contributed by atoms with E-state index < -0.39 is 16.1 Å². The highest BCUT2D eigenvalue weighted by molar-refractivity contribution is 7.92. The highest BCUT2D eigenvalue weighted by Gasteiger charge is 2.29. The van der Waals surface area contributed by atoms with Crippen molar-refractivity contribution in [2.45, 2.75) is 72.0 Å². The fraction of sp³-hybridized carbons (Fsp3) is 0.517. The van der Waals surface area contributed by atoms with Gasteiger partial charge in [0.05, 0.1) is 25.7 Å². The summed E-state index contributed by atoms with van der Waals surface area (Å²) in [5.41, 5.74) is 1.27. The Kier molecular flexibility index (Phi) is 12.6. The van der Waals surface area contributed by atoms with Crippen LogP contribution in [-0.4, -0.2) is 63.7 Å². The van der Waals surface area contributed by atoms with Crippen LogP contribution < -0.4 is 19.1 Å². The Hall–Kier alpha value is -3.27. The van der Waals surface area contributed by atoms with Gasteiger partial charge in [-0.3, -0.25) is 13.9 Å². The standard InChI is InChI=1S/C29H43N3O6S/c1-7-22(4)30-29(34)25(8-2)31(21-23-14-12-15-24(20-23)37-5)28(33)18-13-19-32(39(6,35)36)26-16-10-11-17-27(26)38-9-3/h10-12,14-17,20,22,25H,7-9,13,18-19,21H2,1-6H3,(H,30,34). The molecule has 2 amide bonds. The average molecular weight is 562 g/mol. The highest BCUT2D eigenvalue weighted by Crippen LogP contribution is 2.30. The van der Waals surface area contributed by atoms with Gasteiger partial charge in [-0.25, -0.2) is 8.42 Å². The molecule has 0 bridgehead atoms. The van der Waals surface area contributed by atoms with Gasteiger partial charge in [0.1, 0.15) is 17.5 Å². The van der Waals surface area contributed by atoms with Gasteiger partial charge in [0.15, 0.2) is 0 Å². The van der Waals surface area contributed by atoms with E-state index in [1.165, 1.54) is 4.31 Å². The highest BCUT2D eigenvalue weighted by atomic mass is 32.2. The number of carbonyl (C=O) groups excluding carboxylic acids is 2. The number of hydrogen-bond acceptors (Lipinski definition) is 6. The third-order valence-corrected chi connectivity index (χ3v) is 7.64. The lowest BCUT2D eigenvalue weighted by Gasteiger charge is -2.32. The molecule has 2 aromatic rings. The lowest BCUT2D eigenvalue weighted by molar-refractivity contribution is -0.141. The topological polar surface area (TPSA) is 105 Å². The van der Waals surface area contributed by atoms with E-state index in [2.05, 4.69) is 5.32 Å². The molecule has 39 heavy (non-hydrogen) atoms. The summed E-state index contributed by atoms with van der Waals surface area (Å²) in [5, 5.41) is 3.00. The maximum Gasteiger partial charge on any atom is 0.243 e. The molecular formula is C29H43N3O6S. The molecule has 0 aliphatic heterocycles. The first-order valence-electron chi connectivity index (χ1n) is 13.5. The molecule has 0 fully saturated rings. The van der Waals surface area contributed by atoms with Gasteiger partial charge in [0, 0.05) is 25.6 Å². The number of methoxy groups -OCH3 is 1. The molecule has 2 rings (SSSR count). The van der Waals surface area contributed by atoms with Gasteiger partial charge in [-0.15, -0.1) is 0 Å². The van der Waals surface area contributed by atoms with Crippen molar-refractivity contribution in [3.63, 3.8) is 0 Å². The molecule has 0 aliphatic carbocycles. The van der Waals surface area contributed by atoms with Crippen LogP contribution in [0.1, 0.15) is 58.9 Å². The first-order valence-corrected chi connectivity index (χ1v) is 15.3. The van der Waals surface area contributed by atoms with Gasteiger partial charge in [-0.05, 0) is 62.9 Å². The fourth-order valence-electron chi connectivity index (χ4n) is 4.25. The van der Waals surface area contributed by atoms with Gasteiger partial charge in [0.25, 0.3) is 0 Å². The molecular weight excluding hydrogens is 518 g/mol. The van der Waals surface area contributed by atoms with Crippen molar-refractivity contribution >= 4 is 27.5 Å². The summed E-state index contributed by atoms with van der Waals surface area (Å²) in [4.78, 5) is 28.4. The normalized spacial score (nSPS) is 12.8. The van der Waals surface area contributed by atoms with E-state index in [4.69, 9.17) is 9.47 Å². The molecule has 10 heteroatoms. The Morgan fingerprint density at radius 3 is 2.36 bits per heavy atom. The third-order valence-electron chi connectivity index (χ3n) is 6.46. The van der Waals surface area contributed by atoms with Crippen LogP contribution in [-0.2, 0) is 26.2 Å². The fourth-order valence-corrected chi connectivity index (χ4v) is 5.22. The molecule has 0 aliphatic rings. The minimum Gasteiger partial charge on any atom is -0.497 e. The van der Waals surface area contributed by atoms with Crippen LogP contribution in [0.5, 0.6) is 11.5 Å². The Balaban J connectivity index is 2.28. The van der Waals surface area contributed by atoms with E-state index >= 15 is 0 Å². The second-order valence-corrected chi connectivity index (χ2v) is 11.4. The molecule has 2 aromatic carbocycles. The maximum absolute atomic E-state index is 13.6. The van der Waals surface area contributed by atoms with Gasteiger partial charge in [0.2, 0.25) is 21.8 Å². The quantitative estimate of drug-likeness (QED) is 0.327. The van der Waals surface area contributed by atoms with E-state index in [1.54, 1.807) is 36.3 Å². The number of carbonyl (C=O) groups is 2. The molecule has 1 N–H and O–H groups in total. The predicted molar refractivity (Wildman–Crippen MR) is 155 cm³/mol. The van der Waals surface area contributed by atoms with Gasteiger partial charge < -0.3 is 19.7 Å². The van der Waals surface area contributed by atoms with E-state index in [9.17, 15) is 18.0 Å². The van der Waals surface area contributed by atoms with Crippen LogP contribution in [0.25, 0.3) is 0 Å². The first-order chi connectivity index (χ1) is 18.5. The van der Waals surface area contributed by atoms with E-state index in [0.29, 0.717) is 30.2 Å². The average Bonchev–Trinajstić information content (AvgIpc) is 2.91. The summed E-state index contributed by atoms with van der Waals surface area (Å²) in [6, 6.07) is 13.7. The van der Waals surface area contributed by atoms with E-state index in [-0.39, 0.29) is 43.8 Å². The molecule has 216 valence electrons. The molecule has 9 nitrogen and oxygen atoms in total. The van der Waals surface area contributed by atoms with Crippen LogP contribution >= 0.6 is 0 Å². The Bertz CT molecular complexity index is 1190. The summed E-state index contributed by atoms with van der Waals surface area (Å²) in [6.07, 6.45) is 2.69. The number of sulfonamides is 1. The summed E-state index contributed by atoms with van der Waals surface area (Å²) in [5.74, 6) is 0.694. The minimum atomic E-state index is -3.63. The lowest BCUT2D eigenvalue weighted by atomic mass is 10.1. The van der Waals surface area contributed by atoms with Crippen molar-refractivity contribution < 1.29 is 27.5 Å². The number of anilines is 1. The van der Waals surface area contributed by atoms with Crippen LogP contribution in [0.4, 0.5) is 5.69 Å². The van der Waals surface area contributed by atoms with E-state index in [0.717, 1.165) is 18.2 Å². The number of hydrogen-bond donors (Lipinski definition) is 1. The summed E-state index contributed by atoms with van der Waals surface area (Å²) >= 11 is 0. The Morgan fingerprint density at radius 2 is 1.74 bits per heavy atom. The molecule has 0 radical (unpaired) electrons. The number of benzene rings is 2. The second-order valence-electron chi connectivity index (χ2n) is 9.45. The number of nitrogens with one attached hydrogen (secondary N) is 1. The molecule has 0 aromatic heterocycles. The molecule has 0 saturated heterocycles. The third kappa shape index (κ3) is 9.45. The summed E-state index contributed by atoms with van der Waals surface area (Å²) in [6.45, 7) is 8.34. The van der Waals surface area contributed by atoms with Gasteiger partial charge >= 0.3 is 0 Å². The molecule has 0 heterocycles. The van der Waals surface area contributed by atoms with Crippen LogP contribution in [0.15, 0.2) is 48.5 Å². The summed E-state index contributed by atoms with van der Waals surface area (Å²) < 4.78 is 37.6. The van der Waals surface area contributed by atoms with Crippen LogP contribution in [0, 0.1) is 0 Å². The number of para-hydroxylation sites is 2. The number of nitrogens with zero attached hydrogens (tertiary/aromatic N) is 2. The van der Waals surface area contributed by atoms with Crippen molar-refractivity contribution in [1.29, 1.82) is 0 Å². The molecule has 0 saturated carbocycles. The van der Waals surface area contributed by atoms with Crippen molar-refractivity contribution in [2.24, 2.45) is 0 Å². The zero-order valence-corrected chi connectivity index (χ0v) is 24.8. The number of rotatable bonds is 16. The van der Waals surface area contributed by atoms with Crippen molar-refractivity contribution in [2.75, 3.05) is 30.8 Å². The summed E-state index contributed by atoms with van der Waals surface area (Å²) in [7, 11) is -2.06. The Morgan fingerprint density at radius 1 is 1.03 bits per heavy atom. The molecule has 2 atom stereocenters. The second kappa shape index (κ2) is 15.4. The number of amides is 2. The van der Waals surface area contributed by atoms with E-state index in [1.807, 2.05) is 52.0 Å². The molecule has 0 spiro atoms. The number of ether oxygens (including phenoxy) is 2.